The molecule has 1 fully saturated rings. The molecule has 156 valence electrons. The maximum Gasteiger partial charge on any atom is 0.410 e. The Morgan fingerprint density at radius 1 is 1.10 bits per heavy atom. The summed E-state index contributed by atoms with van der Waals surface area (Å²) < 4.78 is 13.6. The smallest absolute Gasteiger partial charge is 0.410 e. The number of rotatable bonds is 4. The van der Waals surface area contributed by atoms with Gasteiger partial charge in [0.2, 0.25) is 0 Å². The summed E-state index contributed by atoms with van der Waals surface area (Å²) in [6.45, 7) is 7.26. The molecule has 1 aromatic carbocycles. The number of carbonyl (C=O) groups is 1. The molecule has 6 heteroatoms. The predicted octanol–water partition coefficient (Wildman–Crippen LogP) is 4.59. The van der Waals surface area contributed by atoms with Gasteiger partial charge in [0.25, 0.3) is 0 Å². The van der Waals surface area contributed by atoms with Crippen LogP contribution < -0.4 is 0 Å². The van der Waals surface area contributed by atoms with Crippen molar-refractivity contribution < 1.29 is 14.3 Å². The number of hydrogen-bond acceptors (Lipinski definition) is 4. The van der Waals surface area contributed by atoms with Crippen LogP contribution in [0.5, 0.6) is 0 Å². The highest BCUT2D eigenvalue weighted by Crippen LogP contribution is 2.26. The largest absolute Gasteiger partial charge is 0.445 e. The Hall–Kier alpha value is -3.12. The number of benzene rings is 1. The number of ether oxygens (including phenoxy) is 2. The van der Waals surface area contributed by atoms with E-state index in [9.17, 15) is 4.79 Å². The molecule has 4 rings (SSSR count). The summed E-state index contributed by atoms with van der Waals surface area (Å²) in [5.41, 5.74) is 4.21. The second kappa shape index (κ2) is 8.71. The quantitative estimate of drug-likeness (QED) is 0.637. The molecule has 0 bridgehead atoms. The number of amides is 1. The van der Waals surface area contributed by atoms with E-state index in [1.807, 2.05) is 55.6 Å². The topological polar surface area (TPSA) is 56.6 Å². The third-order valence-electron chi connectivity index (χ3n) is 5.52. The molecule has 0 spiro atoms. The summed E-state index contributed by atoms with van der Waals surface area (Å²) in [4.78, 5) is 19.0. The molecule has 1 amide bonds. The van der Waals surface area contributed by atoms with E-state index >= 15 is 0 Å². The highest BCUT2D eigenvalue weighted by molar-refractivity contribution is 5.68. The monoisotopic (exact) mass is 405 g/mol. The molecule has 1 aliphatic rings. The van der Waals surface area contributed by atoms with E-state index in [2.05, 4.69) is 35.5 Å². The van der Waals surface area contributed by atoms with E-state index in [0.29, 0.717) is 13.2 Å². The molecule has 2 aromatic heterocycles. The fourth-order valence-corrected chi connectivity index (χ4v) is 3.77. The molecule has 3 heterocycles. The zero-order valence-electron chi connectivity index (χ0n) is 17.6. The third-order valence-corrected chi connectivity index (χ3v) is 5.52. The molecule has 0 unspecified atom stereocenters. The lowest BCUT2D eigenvalue weighted by molar-refractivity contribution is -0.0562. The molecule has 0 aliphatic carbocycles. The Balaban J connectivity index is 1.43. The van der Waals surface area contributed by atoms with Gasteiger partial charge < -0.3 is 18.9 Å². The van der Waals surface area contributed by atoms with Crippen LogP contribution in [0.4, 0.5) is 4.79 Å². The molecule has 1 aliphatic heterocycles. The van der Waals surface area contributed by atoms with Crippen LogP contribution in [0.15, 0.2) is 60.8 Å². The summed E-state index contributed by atoms with van der Waals surface area (Å²) in [5, 5.41) is 0. The molecule has 0 saturated carbocycles. The number of aromatic nitrogens is 2. The standard InChI is InChI=1S/C24H27N3O3/c1-17-9-10-18(2)27(17)23-12-11-21(13-25-23)22-14-26(19(3)15-29-22)24(28)30-16-20-7-5-4-6-8-20/h4-13,19,22H,14-16H2,1-3H3/t19-,22-/m0/s1. The van der Waals surface area contributed by atoms with Gasteiger partial charge in [0.05, 0.1) is 19.2 Å². The minimum Gasteiger partial charge on any atom is -0.445 e. The average Bonchev–Trinajstić information content (AvgIpc) is 3.11. The second-order valence-electron chi connectivity index (χ2n) is 7.76. The van der Waals surface area contributed by atoms with Crippen LogP contribution in [0, 0.1) is 13.8 Å². The number of hydrogen-bond donors (Lipinski definition) is 0. The van der Waals surface area contributed by atoms with E-state index in [-0.39, 0.29) is 24.8 Å². The third kappa shape index (κ3) is 4.24. The Labute approximate surface area is 177 Å². The Morgan fingerprint density at radius 3 is 2.50 bits per heavy atom. The second-order valence-corrected chi connectivity index (χ2v) is 7.76. The van der Waals surface area contributed by atoms with Crippen LogP contribution in [0.3, 0.4) is 0 Å². The van der Waals surface area contributed by atoms with Crippen LogP contribution in [0.1, 0.15) is 35.5 Å². The van der Waals surface area contributed by atoms with Crippen molar-refractivity contribution in [2.24, 2.45) is 0 Å². The SMILES string of the molecule is Cc1ccc(C)n1-c1ccc([C@@H]2CN(C(=O)OCc3ccccc3)[C@@H](C)CO2)cn1. The first-order valence-corrected chi connectivity index (χ1v) is 10.2. The van der Waals surface area contributed by atoms with Crippen molar-refractivity contribution in [1.29, 1.82) is 0 Å². The summed E-state index contributed by atoms with van der Waals surface area (Å²) in [7, 11) is 0. The summed E-state index contributed by atoms with van der Waals surface area (Å²) in [6.07, 6.45) is 1.30. The normalized spacial score (nSPS) is 19.0. The zero-order valence-corrected chi connectivity index (χ0v) is 17.6. The van der Waals surface area contributed by atoms with Gasteiger partial charge >= 0.3 is 6.09 Å². The van der Waals surface area contributed by atoms with Crippen LogP contribution in [0.2, 0.25) is 0 Å². The first-order chi connectivity index (χ1) is 14.5. The lowest BCUT2D eigenvalue weighted by Crippen LogP contribution is -2.48. The predicted molar refractivity (Wildman–Crippen MR) is 115 cm³/mol. The average molecular weight is 405 g/mol. The first kappa shape index (κ1) is 20.2. The first-order valence-electron chi connectivity index (χ1n) is 10.2. The van der Waals surface area contributed by atoms with Crippen molar-refractivity contribution in [2.75, 3.05) is 13.2 Å². The van der Waals surface area contributed by atoms with Gasteiger partial charge in [0.15, 0.2) is 0 Å². The van der Waals surface area contributed by atoms with E-state index < -0.39 is 0 Å². The fourth-order valence-electron chi connectivity index (χ4n) is 3.77. The molecular formula is C24H27N3O3. The minimum atomic E-state index is -0.317. The zero-order chi connectivity index (χ0) is 21.1. The Bertz CT molecular complexity index is 979. The molecule has 30 heavy (non-hydrogen) atoms. The van der Waals surface area contributed by atoms with E-state index in [1.165, 1.54) is 0 Å². The number of aryl methyl sites for hydroxylation is 2. The highest BCUT2D eigenvalue weighted by atomic mass is 16.6. The lowest BCUT2D eigenvalue weighted by Gasteiger charge is -2.37. The number of nitrogens with zero attached hydrogens (tertiary/aromatic N) is 3. The number of morpholine rings is 1. The van der Waals surface area contributed by atoms with Crippen LogP contribution in [-0.4, -0.2) is 39.7 Å². The van der Waals surface area contributed by atoms with Crippen molar-refractivity contribution in [2.45, 2.75) is 39.5 Å². The van der Waals surface area contributed by atoms with Crippen molar-refractivity contribution in [3.05, 3.63) is 83.3 Å². The van der Waals surface area contributed by atoms with Crippen LogP contribution in [0.25, 0.3) is 5.82 Å². The highest BCUT2D eigenvalue weighted by Gasteiger charge is 2.31. The van der Waals surface area contributed by atoms with Gasteiger partial charge in [-0.05, 0) is 44.5 Å². The number of pyridine rings is 1. The van der Waals surface area contributed by atoms with Crippen LogP contribution in [-0.2, 0) is 16.1 Å². The van der Waals surface area contributed by atoms with E-state index in [1.54, 1.807) is 4.90 Å². The van der Waals surface area contributed by atoms with Crippen molar-refractivity contribution in [3.8, 4) is 5.82 Å². The van der Waals surface area contributed by atoms with Gasteiger partial charge in [-0.1, -0.05) is 36.4 Å². The van der Waals surface area contributed by atoms with Crippen molar-refractivity contribution in [3.63, 3.8) is 0 Å². The summed E-state index contributed by atoms with van der Waals surface area (Å²) in [6, 6.07) is 17.8. The van der Waals surface area contributed by atoms with Gasteiger partial charge in [0.1, 0.15) is 18.5 Å². The van der Waals surface area contributed by atoms with Gasteiger partial charge in [-0.15, -0.1) is 0 Å². The maximum absolute atomic E-state index is 12.7. The molecule has 1 saturated heterocycles. The van der Waals surface area contributed by atoms with Gasteiger partial charge in [-0.25, -0.2) is 9.78 Å². The Morgan fingerprint density at radius 2 is 1.83 bits per heavy atom. The minimum absolute atomic E-state index is 0.0399. The van der Waals surface area contributed by atoms with Gasteiger partial charge in [-0.3, -0.25) is 0 Å². The molecule has 2 atom stereocenters. The Kier molecular flexibility index (Phi) is 5.86. The van der Waals surface area contributed by atoms with E-state index in [4.69, 9.17) is 9.47 Å². The molecule has 0 radical (unpaired) electrons. The summed E-state index contributed by atoms with van der Waals surface area (Å²) >= 11 is 0. The van der Waals surface area contributed by atoms with Gasteiger partial charge in [0, 0.05) is 23.1 Å². The van der Waals surface area contributed by atoms with Crippen molar-refractivity contribution >= 4 is 6.09 Å². The number of carbonyl (C=O) groups excluding carboxylic acids is 1. The molecule has 3 aromatic rings. The van der Waals surface area contributed by atoms with E-state index in [0.717, 1.165) is 28.3 Å². The molecular weight excluding hydrogens is 378 g/mol. The molecule has 6 nitrogen and oxygen atoms in total. The van der Waals surface area contributed by atoms with Gasteiger partial charge in [-0.2, -0.15) is 0 Å². The summed E-state index contributed by atoms with van der Waals surface area (Å²) in [5.74, 6) is 0.877. The molecule has 0 N–H and O–H groups in total. The maximum atomic E-state index is 12.7. The van der Waals surface area contributed by atoms with Crippen LogP contribution >= 0.6 is 0 Å². The fraction of sp³-hybridized carbons (Fsp3) is 0.333. The van der Waals surface area contributed by atoms with Crippen molar-refractivity contribution in [1.82, 2.24) is 14.5 Å². The lowest BCUT2D eigenvalue weighted by atomic mass is 10.1.